The molecule has 1 saturated heterocycles. The molecule has 180 valence electrons. The molecule has 8 nitrogen and oxygen atoms in total. The second-order valence-corrected chi connectivity index (χ2v) is 8.63. The topological polar surface area (TPSA) is 89.9 Å². The number of aromatic nitrogens is 1. The van der Waals surface area contributed by atoms with Crippen molar-refractivity contribution in [1.29, 1.82) is 0 Å². The first-order valence-electron chi connectivity index (χ1n) is 11.3. The standard InChI is InChI=1S/C26H24FN3O5/c1-16-14-34-21-13-29-12-20(25(32)28-11-17-7-9-19(27)10-8-17)23(31)24(22(29)26(33)30(16)21)35-15-18-5-3-2-4-6-18/h2-10,12,16,21H,11,13-15H2,1H3,(H,28,32)/t16-,21+/m0/s1. The summed E-state index contributed by atoms with van der Waals surface area (Å²) >= 11 is 0. The van der Waals surface area contributed by atoms with Crippen LogP contribution in [0, 0.1) is 5.82 Å². The number of benzene rings is 2. The molecule has 0 saturated carbocycles. The van der Waals surface area contributed by atoms with Crippen LogP contribution in [0.2, 0.25) is 0 Å². The maximum absolute atomic E-state index is 13.4. The number of amides is 2. The van der Waals surface area contributed by atoms with Crippen LogP contribution in [0.3, 0.4) is 0 Å². The third-order valence-electron chi connectivity index (χ3n) is 6.18. The molecule has 0 spiro atoms. The number of ether oxygens (including phenoxy) is 2. The summed E-state index contributed by atoms with van der Waals surface area (Å²) in [6, 6.07) is 14.8. The molecular formula is C26H24FN3O5. The molecule has 1 aromatic heterocycles. The summed E-state index contributed by atoms with van der Waals surface area (Å²) in [4.78, 5) is 41.4. The first-order chi connectivity index (χ1) is 16.9. The van der Waals surface area contributed by atoms with Crippen molar-refractivity contribution in [2.75, 3.05) is 6.61 Å². The van der Waals surface area contributed by atoms with Gasteiger partial charge in [-0.25, -0.2) is 4.39 Å². The molecule has 0 aliphatic carbocycles. The number of fused-ring (bicyclic) bond motifs is 2. The van der Waals surface area contributed by atoms with Crippen molar-refractivity contribution in [3.05, 3.63) is 99.2 Å². The maximum atomic E-state index is 13.4. The Kier molecular flexibility index (Phi) is 6.08. The Bertz CT molecular complexity index is 1320. The van der Waals surface area contributed by atoms with E-state index in [4.69, 9.17) is 9.47 Å². The highest BCUT2D eigenvalue weighted by molar-refractivity contribution is 5.99. The zero-order valence-corrected chi connectivity index (χ0v) is 19.1. The highest BCUT2D eigenvalue weighted by Crippen LogP contribution is 2.30. The quantitative estimate of drug-likeness (QED) is 0.590. The lowest BCUT2D eigenvalue weighted by atomic mass is 10.1. The van der Waals surface area contributed by atoms with Crippen LogP contribution in [0.1, 0.15) is 38.9 Å². The Morgan fingerprint density at radius 1 is 1.11 bits per heavy atom. The van der Waals surface area contributed by atoms with Crippen LogP contribution in [0.15, 0.2) is 65.6 Å². The van der Waals surface area contributed by atoms with E-state index in [0.717, 1.165) is 5.56 Å². The van der Waals surface area contributed by atoms with Crippen LogP contribution in [0.25, 0.3) is 0 Å². The normalized spacial score (nSPS) is 18.7. The smallest absolute Gasteiger partial charge is 0.276 e. The Morgan fingerprint density at radius 2 is 1.86 bits per heavy atom. The van der Waals surface area contributed by atoms with Gasteiger partial charge in [-0.1, -0.05) is 42.5 Å². The van der Waals surface area contributed by atoms with Gasteiger partial charge in [-0.3, -0.25) is 14.4 Å². The zero-order valence-electron chi connectivity index (χ0n) is 19.1. The number of pyridine rings is 1. The highest BCUT2D eigenvalue weighted by Gasteiger charge is 2.43. The van der Waals surface area contributed by atoms with Gasteiger partial charge < -0.3 is 24.3 Å². The third kappa shape index (κ3) is 4.42. The van der Waals surface area contributed by atoms with Crippen LogP contribution < -0.4 is 15.5 Å². The average molecular weight is 477 g/mol. The van der Waals surface area contributed by atoms with E-state index in [-0.39, 0.29) is 54.5 Å². The first-order valence-corrected chi connectivity index (χ1v) is 11.3. The number of nitrogens with zero attached hydrogens (tertiary/aromatic N) is 2. The van der Waals surface area contributed by atoms with Crippen LogP contribution in [-0.2, 0) is 24.4 Å². The van der Waals surface area contributed by atoms with Crippen LogP contribution in [0.5, 0.6) is 5.75 Å². The molecule has 35 heavy (non-hydrogen) atoms. The molecule has 9 heteroatoms. The molecule has 2 aliphatic heterocycles. The summed E-state index contributed by atoms with van der Waals surface area (Å²) in [5.74, 6) is -1.53. The molecule has 2 aliphatic rings. The van der Waals surface area contributed by atoms with Crippen molar-refractivity contribution >= 4 is 11.8 Å². The van der Waals surface area contributed by atoms with E-state index < -0.39 is 17.6 Å². The molecule has 1 fully saturated rings. The molecule has 3 aromatic rings. The van der Waals surface area contributed by atoms with E-state index in [2.05, 4.69) is 5.32 Å². The largest absolute Gasteiger partial charge is 0.483 e. The molecular weight excluding hydrogens is 453 g/mol. The Labute approximate surface area is 200 Å². The van der Waals surface area contributed by atoms with Crippen molar-refractivity contribution in [2.45, 2.75) is 38.9 Å². The lowest BCUT2D eigenvalue weighted by molar-refractivity contribution is 0.00603. The molecule has 0 bridgehead atoms. The minimum Gasteiger partial charge on any atom is -0.483 e. The van der Waals surface area contributed by atoms with E-state index in [1.54, 1.807) is 21.6 Å². The van der Waals surface area contributed by atoms with Crippen LogP contribution >= 0.6 is 0 Å². The summed E-state index contributed by atoms with van der Waals surface area (Å²) in [6.45, 7) is 2.71. The van der Waals surface area contributed by atoms with Gasteiger partial charge in [0.1, 0.15) is 18.0 Å². The predicted molar refractivity (Wildman–Crippen MR) is 124 cm³/mol. The SMILES string of the molecule is C[C@H]1CO[C@@H]2Cn3cc(C(=O)NCc4ccc(F)cc4)c(=O)c(OCc4ccccc4)c3C(=O)N12. The lowest BCUT2D eigenvalue weighted by Gasteiger charge is -2.34. The molecule has 0 unspecified atom stereocenters. The minimum absolute atomic E-state index is 0.0620. The van der Waals surface area contributed by atoms with Crippen molar-refractivity contribution in [1.82, 2.24) is 14.8 Å². The molecule has 2 amide bonds. The van der Waals surface area contributed by atoms with Gasteiger partial charge in [-0.2, -0.15) is 0 Å². The molecule has 3 heterocycles. The first kappa shape index (κ1) is 22.8. The van der Waals surface area contributed by atoms with Gasteiger partial charge >= 0.3 is 0 Å². The molecule has 0 radical (unpaired) electrons. The molecule has 2 aromatic carbocycles. The third-order valence-corrected chi connectivity index (χ3v) is 6.18. The monoisotopic (exact) mass is 477 g/mol. The van der Waals surface area contributed by atoms with E-state index in [1.165, 1.54) is 18.3 Å². The average Bonchev–Trinajstić information content (AvgIpc) is 3.24. The van der Waals surface area contributed by atoms with Crippen LogP contribution in [0.4, 0.5) is 4.39 Å². The van der Waals surface area contributed by atoms with Gasteiger partial charge in [-0.05, 0) is 30.2 Å². The number of rotatable bonds is 6. The number of hydrogen-bond donors (Lipinski definition) is 1. The molecule has 1 N–H and O–H groups in total. The van der Waals surface area contributed by atoms with Gasteiger partial charge in [0.15, 0.2) is 17.7 Å². The van der Waals surface area contributed by atoms with Gasteiger partial charge in [0.05, 0.1) is 19.2 Å². The summed E-state index contributed by atoms with van der Waals surface area (Å²) < 4.78 is 26.4. The fourth-order valence-corrected chi connectivity index (χ4v) is 4.37. The lowest BCUT2D eigenvalue weighted by Crippen LogP contribution is -2.49. The number of nitrogens with one attached hydrogen (secondary N) is 1. The number of carbonyl (C=O) groups excluding carboxylic acids is 2. The number of carbonyl (C=O) groups is 2. The van der Waals surface area contributed by atoms with Gasteiger partial charge in [0.2, 0.25) is 5.43 Å². The van der Waals surface area contributed by atoms with Gasteiger partial charge in [0, 0.05) is 12.7 Å². The molecule has 2 atom stereocenters. The van der Waals surface area contributed by atoms with Crippen molar-refractivity contribution in [3.8, 4) is 5.75 Å². The zero-order chi connectivity index (χ0) is 24.5. The summed E-state index contributed by atoms with van der Waals surface area (Å²) in [7, 11) is 0. The Hall–Kier alpha value is -3.98. The Morgan fingerprint density at radius 3 is 2.60 bits per heavy atom. The van der Waals surface area contributed by atoms with Gasteiger partial charge in [-0.15, -0.1) is 0 Å². The summed E-state index contributed by atoms with van der Waals surface area (Å²) in [5.41, 5.74) is 0.789. The minimum atomic E-state index is -0.664. The van der Waals surface area contributed by atoms with Crippen molar-refractivity contribution in [2.24, 2.45) is 0 Å². The number of halogens is 1. The van der Waals surface area contributed by atoms with E-state index in [9.17, 15) is 18.8 Å². The summed E-state index contributed by atoms with van der Waals surface area (Å²) in [5, 5.41) is 2.69. The summed E-state index contributed by atoms with van der Waals surface area (Å²) in [6.07, 6.45) is 0.902. The fraction of sp³-hybridized carbons (Fsp3) is 0.269. The predicted octanol–water partition coefficient (Wildman–Crippen LogP) is 2.70. The molecule has 5 rings (SSSR count). The second-order valence-electron chi connectivity index (χ2n) is 8.63. The van der Waals surface area contributed by atoms with Crippen LogP contribution in [-0.4, -0.2) is 40.2 Å². The maximum Gasteiger partial charge on any atom is 0.276 e. The number of hydrogen-bond acceptors (Lipinski definition) is 5. The second kappa shape index (κ2) is 9.34. The van der Waals surface area contributed by atoms with Crippen molar-refractivity contribution in [3.63, 3.8) is 0 Å². The fourth-order valence-electron chi connectivity index (χ4n) is 4.37. The van der Waals surface area contributed by atoms with Gasteiger partial charge in [0.25, 0.3) is 11.8 Å². The van der Waals surface area contributed by atoms with E-state index >= 15 is 0 Å². The Balaban J connectivity index is 1.49. The highest BCUT2D eigenvalue weighted by atomic mass is 19.1. The van der Waals surface area contributed by atoms with Crippen molar-refractivity contribution < 1.29 is 23.5 Å². The van der Waals surface area contributed by atoms with E-state index in [0.29, 0.717) is 12.2 Å². The van der Waals surface area contributed by atoms with E-state index in [1.807, 2.05) is 37.3 Å².